The van der Waals surface area contributed by atoms with Crippen molar-refractivity contribution in [3.63, 3.8) is 0 Å². The molecule has 130 valence electrons. The zero-order valence-electron chi connectivity index (χ0n) is 14.5. The number of furan rings is 1. The minimum Gasteiger partial charge on any atom is -0.466 e. The molecular weight excluding hydrogens is 318 g/mol. The van der Waals surface area contributed by atoms with Crippen molar-refractivity contribution in [2.24, 2.45) is 0 Å². The van der Waals surface area contributed by atoms with Gasteiger partial charge in [0.15, 0.2) is 6.61 Å². The van der Waals surface area contributed by atoms with Crippen molar-refractivity contribution in [3.05, 3.63) is 65.1 Å². The van der Waals surface area contributed by atoms with Gasteiger partial charge in [0, 0.05) is 13.1 Å². The van der Waals surface area contributed by atoms with Crippen molar-refractivity contribution in [3.8, 4) is 0 Å². The molecule has 1 aromatic heterocycles. The van der Waals surface area contributed by atoms with E-state index in [2.05, 4.69) is 18.2 Å². The number of aryl methyl sites for hydroxylation is 2. The summed E-state index contributed by atoms with van der Waals surface area (Å²) >= 11 is 0. The Morgan fingerprint density at radius 1 is 1.20 bits per heavy atom. The Labute approximate surface area is 146 Å². The highest BCUT2D eigenvalue weighted by Crippen LogP contribution is 2.22. The topological polar surface area (TPSA) is 59.8 Å². The van der Waals surface area contributed by atoms with Gasteiger partial charge in [-0.1, -0.05) is 36.4 Å². The molecule has 2 heterocycles. The number of amides is 1. The van der Waals surface area contributed by atoms with Crippen LogP contribution < -0.4 is 0 Å². The lowest BCUT2D eigenvalue weighted by atomic mass is 10.00. The van der Waals surface area contributed by atoms with E-state index < -0.39 is 5.97 Å². The minimum absolute atomic E-state index is 0.186. The van der Waals surface area contributed by atoms with Gasteiger partial charge < -0.3 is 14.1 Å². The van der Waals surface area contributed by atoms with Gasteiger partial charge in [-0.2, -0.15) is 0 Å². The summed E-state index contributed by atoms with van der Waals surface area (Å²) in [4.78, 5) is 26.0. The number of carbonyl (C=O) groups excluding carboxylic acids is 2. The Balaban J connectivity index is 1.54. The molecule has 2 aromatic rings. The van der Waals surface area contributed by atoms with Crippen LogP contribution >= 0.6 is 0 Å². The average Bonchev–Trinajstić information content (AvgIpc) is 2.98. The van der Waals surface area contributed by atoms with E-state index in [1.807, 2.05) is 18.2 Å². The molecule has 0 aliphatic carbocycles. The molecule has 1 aromatic carbocycles. The van der Waals surface area contributed by atoms with Crippen LogP contribution in [0.25, 0.3) is 5.57 Å². The third-order valence-corrected chi connectivity index (χ3v) is 4.29. The van der Waals surface area contributed by atoms with Gasteiger partial charge in [-0.3, -0.25) is 4.79 Å². The Kier molecular flexibility index (Phi) is 5.03. The molecule has 0 N–H and O–H groups in total. The molecule has 1 amide bonds. The molecule has 0 radical (unpaired) electrons. The van der Waals surface area contributed by atoms with E-state index in [-0.39, 0.29) is 12.5 Å². The molecule has 1 aliphatic heterocycles. The predicted octanol–water partition coefficient (Wildman–Crippen LogP) is 3.37. The normalized spacial score (nSPS) is 14.2. The summed E-state index contributed by atoms with van der Waals surface area (Å²) in [5.74, 6) is 0.434. The second kappa shape index (κ2) is 7.38. The summed E-state index contributed by atoms with van der Waals surface area (Å²) in [6, 6.07) is 11.8. The third-order valence-electron chi connectivity index (χ3n) is 4.29. The van der Waals surface area contributed by atoms with Gasteiger partial charge in [-0.05, 0) is 37.5 Å². The number of carbonyl (C=O) groups is 2. The van der Waals surface area contributed by atoms with Crippen molar-refractivity contribution in [1.82, 2.24) is 4.90 Å². The van der Waals surface area contributed by atoms with E-state index in [1.54, 1.807) is 24.8 Å². The molecule has 0 fully saturated rings. The fourth-order valence-electron chi connectivity index (χ4n) is 2.94. The van der Waals surface area contributed by atoms with Gasteiger partial charge in [-0.25, -0.2) is 4.79 Å². The first-order chi connectivity index (χ1) is 12.0. The first-order valence-corrected chi connectivity index (χ1v) is 8.31. The number of nitrogens with zero attached hydrogens (tertiary/aromatic N) is 1. The van der Waals surface area contributed by atoms with Crippen LogP contribution in [0.15, 0.2) is 46.9 Å². The van der Waals surface area contributed by atoms with Crippen molar-refractivity contribution in [2.75, 3.05) is 19.7 Å². The largest absolute Gasteiger partial charge is 0.466 e. The summed E-state index contributed by atoms with van der Waals surface area (Å²) in [5.41, 5.74) is 2.80. The van der Waals surface area contributed by atoms with Crippen molar-refractivity contribution >= 4 is 17.4 Å². The summed E-state index contributed by atoms with van der Waals surface area (Å²) in [5, 5.41) is 0. The van der Waals surface area contributed by atoms with Crippen LogP contribution in [0, 0.1) is 13.8 Å². The number of benzene rings is 1. The second-order valence-corrected chi connectivity index (χ2v) is 6.09. The van der Waals surface area contributed by atoms with Crippen LogP contribution in [-0.4, -0.2) is 36.5 Å². The van der Waals surface area contributed by atoms with Gasteiger partial charge in [0.2, 0.25) is 0 Å². The van der Waals surface area contributed by atoms with Gasteiger partial charge in [-0.15, -0.1) is 0 Å². The van der Waals surface area contributed by atoms with E-state index in [4.69, 9.17) is 9.15 Å². The number of esters is 1. The monoisotopic (exact) mass is 339 g/mol. The minimum atomic E-state index is -0.528. The van der Waals surface area contributed by atoms with Gasteiger partial charge in [0.05, 0.1) is 0 Å². The Morgan fingerprint density at radius 2 is 1.96 bits per heavy atom. The van der Waals surface area contributed by atoms with E-state index >= 15 is 0 Å². The predicted molar refractivity (Wildman–Crippen MR) is 94.1 cm³/mol. The van der Waals surface area contributed by atoms with Crippen molar-refractivity contribution in [2.45, 2.75) is 20.3 Å². The van der Waals surface area contributed by atoms with Crippen molar-refractivity contribution in [1.29, 1.82) is 0 Å². The van der Waals surface area contributed by atoms with Crippen LogP contribution in [0.3, 0.4) is 0 Å². The summed E-state index contributed by atoms with van der Waals surface area (Å²) in [6.45, 7) is 4.37. The lowest BCUT2D eigenvalue weighted by Gasteiger charge is -2.26. The molecular formula is C20H21NO4. The van der Waals surface area contributed by atoms with E-state index in [0.29, 0.717) is 30.2 Å². The van der Waals surface area contributed by atoms with Gasteiger partial charge in [0.1, 0.15) is 17.1 Å². The maximum absolute atomic E-state index is 12.3. The van der Waals surface area contributed by atoms with E-state index in [1.165, 1.54) is 11.1 Å². The van der Waals surface area contributed by atoms with E-state index in [0.717, 1.165) is 6.42 Å². The third kappa shape index (κ3) is 3.99. The average molecular weight is 339 g/mol. The second-order valence-electron chi connectivity index (χ2n) is 6.09. The molecule has 1 aliphatic rings. The maximum Gasteiger partial charge on any atom is 0.342 e. The SMILES string of the molecule is Cc1cc(C(=O)OCC(=O)N2CC=C(c3ccccc3)CC2)c(C)o1. The molecule has 3 rings (SSSR count). The lowest BCUT2D eigenvalue weighted by molar-refractivity contribution is -0.134. The first-order valence-electron chi connectivity index (χ1n) is 8.31. The zero-order valence-corrected chi connectivity index (χ0v) is 14.5. The molecule has 5 heteroatoms. The lowest BCUT2D eigenvalue weighted by Crippen LogP contribution is -2.37. The number of hydrogen-bond donors (Lipinski definition) is 0. The number of rotatable bonds is 4. The molecule has 0 saturated carbocycles. The molecule has 0 atom stereocenters. The van der Waals surface area contributed by atoms with Crippen LogP contribution in [0.4, 0.5) is 0 Å². The molecule has 0 saturated heterocycles. The van der Waals surface area contributed by atoms with Crippen LogP contribution in [0.5, 0.6) is 0 Å². The molecule has 0 bridgehead atoms. The highest BCUT2D eigenvalue weighted by atomic mass is 16.5. The molecule has 0 unspecified atom stereocenters. The first kappa shape index (κ1) is 17.0. The molecule has 25 heavy (non-hydrogen) atoms. The van der Waals surface area contributed by atoms with Crippen molar-refractivity contribution < 1.29 is 18.7 Å². The quantitative estimate of drug-likeness (QED) is 0.801. The zero-order chi connectivity index (χ0) is 17.8. The highest BCUT2D eigenvalue weighted by molar-refractivity contribution is 5.92. The smallest absolute Gasteiger partial charge is 0.342 e. The van der Waals surface area contributed by atoms with E-state index in [9.17, 15) is 9.59 Å². The Hall–Kier alpha value is -2.82. The standard InChI is InChI=1S/C20H21NO4/c1-14-12-18(15(2)25-14)20(23)24-13-19(22)21-10-8-17(9-11-21)16-6-4-3-5-7-16/h3-8,12H,9-11,13H2,1-2H3. The summed E-state index contributed by atoms with van der Waals surface area (Å²) in [6.07, 6.45) is 2.85. The summed E-state index contributed by atoms with van der Waals surface area (Å²) < 4.78 is 10.4. The summed E-state index contributed by atoms with van der Waals surface area (Å²) in [7, 11) is 0. The number of ether oxygens (including phenoxy) is 1. The van der Waals surface area contributed by atoms with Crippen LogP contribution in [-0.2, 0) is 9.53 Å². The maximum atomic E-state index is 12.3. The van der Waals surface area contributed by atoms with Crippen LogP contribution in [0.1, 0.15) is 33.9 Å². The Morgan fingerprint density at radius 3 is 2.56 bits per heavy atom. The number of hydrogen-bond acceptors (Lipinski definition) is 4. The Bertz CT molecular complexity index is 804. The fraction of sp³-hybridized carbons (Fsp3) is 0.300. The fourth-order valence-corrected chi connectivity index (χ4v) is 2.94. The van der Waals surface area contributed by atoms with Crippen LogP contribution in [0.2, 0.25) is 0 Å². The highest BCUT2D eigenvalue weighted by Gasteiger charge is 2.21. The van der Waals surface area contributed by atoms with Gasteiger partial charge >= 0.3 is 5.97 Å². The van der Waals surface area contributed by atoms with Gasteiger partial charge in [0.25, 0.3) is 5.91 Å². The molecule has 5 nitrogen and oxygen atoms in total. The molecule has 0 spiro atoms.